The second-order valence-electron chi connectivity index (χ2n) is 7.71. The van der Waals surface area contributed by atoms with Crippen molar-refractivity contribution < 1.29 is 19.1 Å². The van der Waals surface area contributed by atoms with E-state index < -0.39 is 0 Å². The predicted octanol–water partition coefficient (Wildman–Crippen LogP) is 4.81. The van der Waals surface area contributed by atoms with E-state index in [0.29, 0.717) is 24.4 Å². The number of hydrogen-bond acceptors (Lipinski definition) is 6. The molecule has 0 bridgehead atoms. The van der Waals surface area contributed by atoms with Gasteiger partial charge in [-0.1, -0.05) is 42.5 Å². The molecule has 1 saturated heterocycles. The lowest BCUT2D eigenvalue weighted by atomic mass is 10.0. The van der Waals surface area contributed by atoms with Crippen LogP contribution in [0.3, 0.4) is 0 Å². The molecular formula is C25H26N2O4S. The lowest BCUT2D eigenvalue weighted by Crippen LogP contribution is -2.42. The summed E-state index contributed by atoms with van der Waals surface area (Å²) in [4.78, 5) is 28.5. The highest BCUT2D eigenvalue weighted by atomic mass is 32.1. The van der Waals surface area contributed by atoms with Crippen LogP contribution in [0.4, 0.5) is 5.69 Å². The molecule has 1 amide bonds. The van der Waals surface area contributed by atoms with Gasteiger partial charge in [0.1, 0.15) is 10.6 Å². The number of hydrogen-bond donors (Lipinski definition) is 1. The molecule has 1 fully saturated rings. The maximum Gasteiger partial charge on any atom is 0.350 e. The average molecular weight is 451 g/mol. The molecule has 0 spiro atoms. The van der Waals surface area contributed by atoms with Crippen molar-refractivity contribution in [3.05, 3.63) is 71.1 Å². The van der Waals surface area contributed by atoms with Gasteiger partial charge in [-0.15, -0.1) is 11.3 Å². The van der Waals surface area contributed by atoms with Crippen LogP contribution in [0.1, 0.15) is 28.1 Å². The van der Waals surface area contributed by atoms with Crippen molar-refractivity contribution >= 4 is 28.9 Å². The third-order valence-corrected chi connectivity index (χ3v) is 6.74. The Labute approximate surface area is 191 Å². The number of nitrogens with zero attached hydrogens (tertiary/aromatic N) is 1. The highest BCUT2D eigenvalue weighted by Gasteiger charge is 2.28. The zero-order valence-electron chi connectivity index (χ0n) is 18.2. The van der Waals surface area contributed by atoms with Gasteiger partial charge in [0.2, 0.25) is 5.91 Å². The Morgan fingerprint density at radius 2 is 1.88 bits per heavy atom. The number of ether oxygens (including phenoxy) is 2. The molecule has 1 atom stereocenters. The van der Waals surface area contributed by atoms with Gasteiger partial charge in [0.05, 0.1) is 19.9 Å². The normalized spacial score (nSPS) is 16.0. The first-order valence-electron chi connectivity index (χ1n) is 10.5. The zero-order valence-corrected chi connectivity index (χ0v) is 19.0. The monoisotopic (exact) mass is 450 g/mol. The number of methoxy groups -OCH3 is 2. The van der Waals surface area contributed by atoms with Gasteiger partial charge in [0.25, 0.3) is 0 Å². The Morgan fingerprint density at radius 1 is 1.12 bits per heavy atom. The topological polar surface area (TPSA) is 67.9 Å². The van der Waals surface area contributed by atoms with Crippen molar-refractivity contribution in [2.75, 3.05) is 26.1 Å². The predicted molar refractivity (Wildman–Crippen MR) is 126 cm³/mol. The van der Waals surface area contributed by atoms with E-state index in [1.54, 1.807) is 7.11 Å². The Kier molecular flexibility index (Phi) is 6.75. The van der Waals surface area contributed by atoms with Crippen molar-refractivity contribution in [2.45, 2.75) is 25.4 Å². The Hall–Kier alpha value is -3.32. The van der Waals surface area contributed by atoms with E-state index in [1.165, 1.54) is 18.4 Å². The second kappa shape index (κ2) is 9.87. The summed E-state index contributed by atoms with van der Waals surface area (Å²) in [6, 6.07) is 19.6. The smallest absolute Gasteiger partial charge is 0.350 e. The average Bonchev–Trinajstić information content (AvgIpc) is 3.25. The summed E-state index contributed by atoms with van der Waals surface area (Å²) in [6.07, 6.45) is 1.19. The summed E-state index contributed by atoms with van der Waals surface area (Å²) >= 11 is 1.40. The largest absolute Gasteiger partial charge is 0.497 e. The van der Waals surface area contributed by atoms with Gasteiger partial charge in [0, 0.05) is 30.4 Å². The molecule has 2 heterocycles. The maximum atomic E-state index is 12.8. The number of esters is 1. The van der Waals surface area contributed by atoms with Crippen LogP contribution < -0.4 is 10.1 Å². The quantitative estimate of drug-likeness (QED) is 0.523. The lowest BCUT2D eigenvalue weighted by Gasteiger charge is -2.32. The van der Waals surface area contributed by atoms with Gasteiger partial charge in [-0.05, 0) is 35.7 Å². The number of benzene rings is 2. The first kappa shape index (κ1) is 21.9. The molecule has 0 saturated carbocycles. The molecule has 7 heteroatoms. The molecule has 4 rings (SSSR count). The first-order chi connectivity index (χ1) is 15.6. The zero-order chi connectivity index (χ0) is 22.5. The van der Waals surface area contributed by atoms with Crippen LogP contribution in [-0.4, -0.2) is 43.6 Å². The molecule has 1 aliphatic heterocycles. The summed E-state index contributed by atoms with van der Waals surface area (Å²) in [7, 11) is 3.02. The first-order valence-corrected chi connectivity index (χ1v) is 11.3. The van der Waals surface area contributed by atoms with Gasteiger partial charge < -0.3 is 19.7 Å². The van der Waals surface area contributed by atoms with Crippen molar-refractivity contribution in [2.24, 2.45) is 0 Å². The van der Waals surface area contributed by atoms with Crippen molar-refractivity contribution in [3.63, 3.8) is 0 Å². The fourth-order valence-corrected chi connectivity index (χ4v) is 4.87. The van der Waals surface area contributed by atoms with Crippen LogP contribution >= 0.6 is 11.3 Å². The highest BCUT2D eigenvalue weighted by molar-refractivity contribution is 7.18. The molecule has 0 radical (unpaired) electrons. The number of thiophene rings is 1. The van der Waals surface area contributed by atoms with Gasteiger partial charge in [-0.2, -0.15) is 0 Å². The Balaban J connectivity index is 1.44. The lowest BCUT2D eigenvalue weighted by molar-refractivity contribution is -0.134. The van der Waals surface area contributed by atoms with E-state index >= 15 is 0 Å². The van der Waals surface area contributed by atoms with Crippen LogP contribution in [-0.2, 0) is 16.1 Å². The molecule has 1 N–H and O–H groups in total. The van der Waals surface area contributed by atoms with E-state index in [-0.39, 0.29) is 17.9 Å². The second-order valence-corrected chi connectivity index (χ2v) is 8.76. The van der Waals surface area contributed by atoms with E-state index in [4.69, 9.17) is 9.47 Å². The number of piperidine rings is 1. The van der Waals surface area contributed by atoms with Gasteiger partial charge in [0.15, 0.2) is 0 Å². The SMILES string of the molecule is COC(=O)c1sc(-c2ccccc2)cc1NC1CCN(Cc2ccc(OC)cc2)C(=O)C1. The molecule has 1 unspecified atom stereocenters. The molecule has 2 aromatic carbocycles. The number of likely N-dealkylation sites (tertiary alicyclic amines) is 1. The number of carbonyl (C=O) groups is 2. The van der Waals surface area contributed by atoms with Crippen molar-refractivity contribution in [3.8, 4) is 16.2 Å². The summed E-state index contributed by atoms with van der Waals surface area (Å²) in [5.74, 6) is 0.528. The van der Waals surface area contributed by atoms with Crippen LogP contribution in [0.5, 0.6) is 5.75 Å². The minimum atomic E-state index is -0.372. The molecule has 3 aromatic rings. The van der Waals surface area contributed by atoms with Gasteiger partial charge >= 0.3 is 5.97 Å². The van der Waals surface area contributed by atoms with Gasteiger partial charge in [-0.25, -0.2) is 4.79 Å². The van der Waals surface area contributed by atoms with Crippen molar-refractivity contribution in [1.82, 2.24) is 4.90 Å². The maximum absolute atomic E-state index is 12.8. The van der Waals surface area contributed by atoms with E-state index in [9.17, 15) is 9.59 Å². The number of rotatable bonds is 7. The highest BCUT2D eigenvalue weighted by Crippen LogP contribution is 2.36. The molecule has 6 nitrogen and oxygen atoms in total. The molecular weight excluding hydrogens is 424 g/mol. The molecule has 1 aliphatic rings. The van der Waals surface area contributed by atoms with E-state index in [0.717, 1.165) is 33.9 Å². The molecule has 1 aromatic heterocycles. The standard InChI is InChI=1S/C25H26N2O4S/c1-30-20-10-8-17(9-11-20)16-27-13-12-19(14-23(27)28)26-21-15-22(18-6-4-3-5-7-18)32-24(21)25(29)31-2/h3-11,15,19,26H,12-14,16H2,1-2H3. The minimum absolute atomic E-state index is 0.0313. The third-order valence-electron chi connectivity index (χ3n) is 5.57. The van der Waals surface area contributed by atoms with E-state index in [2.05, 4.69) is 5.32 Å². The number of nitrogens with one attached hydrogen (secondary N) is 1. The number of amides is 1. The minimum Gasteiger partial charge on any atom is -0.497 e. The van der Waals surface area contributed by atoms with Gasteiger partial charge in [-0.3, -0.25) is 4.79 Å². The van der Waals surface area contributed by atoms with Crippen LogP contribution in [0, 0.1) is 0 Å². The van der Waals surface area contributed by atoms with Crippen LogP contribution in [0.15, 0.2) is 60.7 Å². The molecule has 166 valence electrons. The van der Waals surface area contributed by atoms with Crippen LogP contribution in [0.25, 0.3) is 10.4 Å². The number of carbonyl (C=O) groups excluding carboxylic acids is 2. The van der Waals surface area contributed by atoms with Crippen LogP contribution in [0.2, 0.25) is 0 Å². The molecule has 32 heavy (non-hydrogen) atoms. The summed E-state index contributed by atoms with van der Waals surface area (Å²) < 4.78 is 10.2. The fourth-order valence-electron chi connectivity index (χ4n) is 3.83. The van der Waals surface area contributed by atoms with Crippen molar-refractivity contribution in [1.29, 1.82) is 0 Å². The summed E-state index contributed by atoms with van der Waals surface area (Å²) in [5, 5.41) is 3.43. The third kappa shape index (κ3) is 4.94. The van der Waals surface area contributed by atoms with E-state index in [1.807, 2.05) is 65.6 Å². The Morgan fingerprint density at radius 3 is 2.53 bits per heavy atom. The summed E-state index contributed by atoms with van der Waals surface area (Å²) in [5.41, 5.74) is 2.84. The molecule has 0 aliphatic carbocycles. The Bertz CT molecular complexity index is 1080. The summed E-state index contributed by atoms with van der Waals surface area (Å²) in [6.45, 7) is 1.24. The number of anilines is 1. The fraction of sp³-hybridized carbons (Fsp3) is 0.280.